The smallest absolute Gasteiger partial charge is 0.229 e. The van der Waals surface area contributed by atoms with Gasteiger partial charge in [0.1, 0.15) is 0 Å². The topological polar surface area (TPSA) is 83.5 Å². The van der Waals surface area contributed by atoms with E-state index in [1.165, 1.54) is 0 Å². The molecule has 7 nitrogen and oxygen atoms in total. The van der Waals surface area contributed by atoms with Crippen LogP contribution in [0.5, 0.6) is 0 Å². The molecular weight excluding hydrogens is 276 g/mol. The summed E-state index contributed by atoms with van der Waals surface area (Å²) in [5, 5.41) is 9.23. The van der Waals surface area contributed by atoms with E-state index in [0.717, 1.165) is 11.4 Å². The van der Waals surface area contributed by atoms with Crippen LogP contribution < -0.4 is 16.0 Å². The maximum atomic E-state index is 5.06. The van der Waals surface area contributed by atoms with Gasteiger partial charge in [-0.1, -0.05) is 0 Å². The van der Waals surface area contributed by atoms with E-state index < -0.39 is 0 Å². The highest BCUT2D eigenvalue weighted by Crippen LogP contribution is 2.03. The monoisotopic (exact) mass is 296 g/mol. The maximum Gasteiger partial charge on any atom is 0.229 e. The molecule has 0 saturated carbocycles. The number of rotatable bonds is 4. The van der Waals surface area contributed by atoms with Gasteiger partial charge in [-0.2, -0.15) is 0 Å². The zero-order valence-electron chi connectivity index (χ0n) is 12.1. The molecule has 0 fully saturated rings. The second-order valence-corrected chi connectivity index (χ2v) is 4.43. The highest BCUT2D eigenvalue weighted by molar-refractivity contribution is 7.80. The number of methoxy groups -OCH3 is 1. The van der Waals surface area contributed by atoms with Gasteiger partial charge in [-0.15, -0.1) is 0 Å². The first-order valence-electron chi connectivity index (χ1n) is 6.16. The van der Waals surface area contributed by atoms with Crippen molar-refractivity contribution in [2.24, 2.45) is 4.99 Å². The molecule has 0 aliphatic rings. The van der Waals surface area contributed by atoms with Gasteiger partial charge in [-0.05, 0) is 32.1 Å². The number of nitrogens with zero attached hydrogens (tertiary/aromatic N) is 3. The van der Waals surface area contributed by atoms with Gasteiger partial charge in [0.15, 0.2) is 5.11 Å². The summed E-state index contributed by atoms with van der Waals surface area (Å²) in [6.45, 7) is 4.84. The van der Waals surface area contributed by atoms with Crippen LogP contribution in [-0.4, -0.2) is 48.3 Å². The highest BCUT2D eigenvalue weighted by atomic mass is 32.1. The lowest BCUT2D eigenvalue weighted by atomic mass is 10.4. The Labute approximate surface area is 124 Å². The molecule has 1 heterocycles. The van der Waals surface area contributed by atoms with E-state index in [9.17, 15) is 0 Å². The van der Waals surface area contributed by atoms with Gasteiger partial charge < -0.3 is 15.4 Å². The Morgan fingerprint density at radius 2 is 2.00 bits per heavy atom. The number of anilines is 1. The summed E-state index contributed by atoms with van der Waals surface area (Å²) < 4.78 is 4.97. The molecule has 0 unspecified atom stereocenters. The van der Waals surface area contributed by atoms with Gasteiger partial charge in [-0.3, -0.25) is 10.3 Å². The fourth-order valence-electron chi connectivity index (χ4n) is 1.42. The molecule has 8 heteroatoms. The first kappa shape index (κ1) is 16.3. The third-order valence-corrected chi connectivity index (χ3v) is 2.54. The van der Waals surface area contributed by atoms with Crippen LogP contribution in [0.25, 0.3) is 0 Å². The number of aromatic nitrogens is 2. The van der Waals surface area contributed by atoms with E-state index in [4.69, 9.17) is 17.0 Å². The standard InChI is InChI=1S/C12H20N6OS/c1-8-7-9(2)16-11(15-8)17-10(14-5-6-19-4)18-12(20)13-3/h7H,5-6H2,1-4H3,(H3,13,14,15,16,17,18,20). The van der Waals surface area contributed by atoms with Crippen molar-refractivity contribution < 1.29 is 4.74 Å². The third kappa shape index (κ3) is 5.89. The van der Waals surface area contributed by atoms with Gasteiger partial charge in [0.05, 0.1) is 13.2 Å². The summed E-state index contributed by atoms with van der Waals surface area (Å²) in [6.07, 6.45) is 0. The molecule has 0 radical (unpaired) electrons. The number of nitrogens with one attached hydrogen (secondary N) is 3. The predicted molar refractivity (Wildman–Crippen MR) is 84.1 cm³/mol. The quantitative estimate of drug-likeness (QED) is 0.325. The van der Waals surface area contributed by atoms with E-state index in [2.05, 4.69) is 30.9 Å². The molecule has 0 aliphatic carbocycles. The van der Waals surface area contributed by atoms with Crippen molar-refractivity contribution in [3.8, 4) is 0 Å². The minimum atomic E-state index is 0.457. The predicted octanol–water partition coefficient (Wildman–Crippen LogP) is 0.602. The molecule has 0 saturated heterocycles. The number of aryl methyl sites for hydroxylation is 2. The van der Waals surface area contributed by atoms with Crippen molar-refractivity contribution in [3.05, 3.63) is 17.5 Å². The summed E-state index contributed by atoms with van der Waals surface area (Å²) in [7, 11) is 3.36. The second kappa shape index (κ2) is 8.39. The van der Waals surface area contributed by atoms with Crippen molar-refractivity contribution in [2.45, 2.75) is 13.8 Å². The molecule has 110 valence electrons. The first-order chi connectivity index (χ1) is 9.55. The Balaban J connectivity index is 2.81. The zero-order valence-corrected chi connectivity index (χ0v) is 13.0. The van der Waals surface area contributed by atoms with Gasteiger partial charge in [-0.25, -0.2) is 9.97 Å². The summed E-state index contributed by atoms with van der Waals surface area (Å²) in [4.78, 5) is 12.9. The fourth-order valence-corrected chi connectivity index (χ4v) is 1.51. The molecular formula is C12H20N6OS. The molecule has 0 spiro atoms. The molecule has 3 N–H and O–H groups in total. The van der Waals surface area contributed by atoms with Gasteiger partial charge in [0.25, 0.3) is 0 Å². The Hall–Kier alpha value is -1.80. The van der Waals surface area contributed by atoms with Crippen LogP contribution in [0.1, 0.15) is 11.4 Å². The number of aliphatic imine (C=N–C) groups is 1. The number of guanidine groups is 1. The summed E-state index contributed by atoms with van der Waals surface area (Å²) in [5.74, 6) is 0.955. The highest BCUT2D eigenvalue weighted by Gasteiger charge is 2.05. The fraction of sp³-hybridized carbons (Fsp3) is 0.500. The Kier molecular flexibility index (Phi) is 6.82. The summed E-state index contributed by atoms with van der Waals surface area (Å²) in [5.41, 5.74) is 1.76. The van der Waals surface area contributed by atoms with E-state index >= 15 is 0 Å². The summed E-state index contributed by atoms with van der Waals surface area (Å²) in [6, 6.07) is 1.90. The molecule has 0 aliphatic heterocycles. The van der Waals surface area contributed by atoms with Crippen molar-refractivity contribution >= 4 is 29.2 Å². The van der Waals surface area contributed by atoms with Crippen LogP contribution in [0, 0.1) is 13.8 Å². The van der Waals surface area contributed by atoms with Crippen LogP contribution in [0.2, 0.25) is 0 Å². The lowest BCUT2D eigenvalue weighted by molar-refractivity contribution is 0.208. The minimum absolute atomic E-state index is 0.457. The molecule has 0 atom stereocenters. The molecule has 1 aromatic rings. The number of hydrogen-bond acceptors (Lipinski definition) is 5. The number of thiocarbonyl (C=S) groups is 1. The van der Waals surface area contributed by atoms with Crippen molar-refractivity contribution in [1.82, 2.24) is 20.6 Å². The van der Waals surface area contributed by atoms with Crippen LogP contribution in [0.4, 0.5) is 5.95 Å². The van der Waals surface area contributed by atoms with Gasteiger partial charge in [0, 0.05) is 25.5 Å². The van der Waals surface area contributed by atoms with Crippen molar-refractivity contribution in [3.63, 3.8) is 0 Å². The van der Waals surface area contributed by atoms with E-state index in [1.54, 1.807) is 14.2 Å². The van der Waals surface area contributed by atoms with Gasteiger partial charge in [0.2, 0.25) is 11.9 Å². The molecule has 1 rings (SSSR count). The number of ether oxygens (including phenoxy) is 1. The van der Waals surface area contributed by atoms with Crippen LogP contribution in [0.15, 0.2) is 11.1 Å². The molecule has 1 aromatic heterocycles. The van der Waals surface area contributed by atoms with Crippen LogP contribution in [0.3, 0.4) is 0 Å². The molecule has 0 bridgehead atoms. The van der Waals surface area contributed by atoms with Gasteiger partial charge >= 0.3 is 0 Å². The zero-order chi connectivity index (χ0) is 15.0. The number of hydrogen-bond donors (Lipinski definition) is 3. The minimum Gasteiger partial charge on any atom is -0.383 e. The van der Waals surface area contributed by atoms with Crippen LogP contribution >= 0.6 is 12.2 Å². The molecule has 0 aromatic carbocycles. The molecule has 20 heavy (non-hydrogen) atoms. The third-order valence-electron chi connectivity index (χ3n) is 2.24. The van der Waals surface area contributed by atoms with E-state index in [1.807, 2.05) is 19.9 Å². The van der Waals surface area contributed by atoms with Crippen molar-refractivity contribution in [2.75, 3.05) is 32.6 Å². The van der Waals surface area contributed by atoms with Crippen molar-refractivity contribution in [1.29, 1.82) is 0 Å². The Morgan fingerprint density at radius 3 is 2.55 bits per heavy atom. The average Bonchev–Trinajstić information content (AvgIpc) is 2.37. The summed E-state index contributed by atoms with van der Waals surface area (Å²) >= 11 is 5.06. The first-order valence-corrected chi connectivity index (χ1v) is 6.57. The molecule has 0 amide bonds. The Morgan fingerprint density at radius 1 is 1.35 bits per heavy atom. The van der Waals surface area contributed by atoms with E-state index in [0.29, 0.717) is 30.2 Å². The average molecular weight is 296 g/mol. The lowest BCUT2D eigenvalue weighted by Gasteiger charge is -2.12. The largest absolute Gasteiger partial charge is 0.383 e. The maximum absolute atomic E-state index is 5.06. The lowest BCUT2D eigenvalue weighted by Crippen LogP contribution is -2.41. The van der Waals surface area contributed by atoms with Crippen LogP contribution in [-0.2, 0) is 4.74 Å². The SMILES string of the molecule is CNC(=S)NC(=NCCOC)Nc1nc(C)cc(C)n1. The Bertz CT molecular complexity index is 471. The second-order valence-electron chi connectivity index (χ2n) is 4.03. The normalized spacial score (nSPS) is 11.1. The van der Waals surface area contributed by atoms with E-state index in [-0.39, 0.29) is 0 Å².